The summed E-state index contributed by atoms with van der Waals surface area (Å²) in [6.45, 7) is 17.1. The van der Waals surface area contributed by atoms with Gasteiger partial charge in [-0.1, -0.05) is 72.8 Å². The fourth-order valence-electron chi connectivity index (χ4n) is 7.52. The second-order valence-electron chi connectivity index (χ2n) is 17.0. The van der Waals surface area contributed by atoms with Gasteiger partial charge in [-0.15, -0.1) is 0 Å². The monoisotopic (exact) mass is 784 g/mol. The van der Waals surface area contributed by atoms with Crippen molar-refractivity contribution in [1.82, 2.24) is 30.2 Å². The number of nitrogens with zero attached hydrogens (tertiary/aromatic N) is 6. The zero-order valence-electron chi connectivity index (χ0n) is 34.6. The zero-order chi connectivity index (χ0) is 40.9. The van der Waals surface area contributed by atoms with Crippen molar-refractivity contribution in [3.8, 4) is 0 Å². The number of fused-ring (bicyclic) bond motifs is 2. The number of benzene rings is 4. The number of nitrogens with one attached hydrogen (secondary N) is 2. The molecule has 0 aliphatic carbocycles. The van der Waals surface area contributed by atoms with E-state index in [0.29, 0.717) is 26.2 Å². The number of H-pyrrole nitrogens is 2. The molecule has 0 atom stereocenters. The maximum absolute atomic E-state index is 12.4. The molecule has 2 amide bonds. The van der Waals surface area contributed by atoms with Crippen LogP contribution in [0.25, 0.3) is 21.8 Å². The number of carbonyl (C=O) groups is 2. The number of amides is 2. The average molecular weight is 785 g/mol. The third kappa shape index (κ3) is 9.90. The quantitative estimate of drug-likeness (QED) is 0.173. The van der Waals surface area contributed by atoms with E-state index >= 15 is 0 Å². The lowest BCUT2D eigenvalue weighted by molar-refractivity contribution is 0.0230. The van der Waals surface area contributed by atoms with Crippen LogP contribution in [-0.2, 0) is 22.3 Å². The number of hydrogen-bond acceptors (Lipinski definition) is 8. The fourth-order valence-corrected chi connectivity index (χ4v) is 7.52. The number of rotatable bonds is 6. The van der Waals surface area contributed by atoms with E-state index in [9.17, 15) is 9.59 Å². The Bertz CT molecular complexity index is 2130. The molecular formula is C46H56N8O4. The molecule has 4 aromatic carbocycles. The first-order valence-corrected chi connectivity index (χ1v) is 20.3. The molecule has 4 heterocycles. The SMILES string of the molecule is CC(C)(C)OC(=O)N1CCN(c2cccc3n[nH]c(Cc4ccccc4)c23)CC1.CC(C)(C)OC(=O)N1CCN(c2cccc3n[nH]c(Cc4ccccc4)c23)CC1. The predicted octanol–water partition coefficient (Wildman–Crippen LogP) is 8.42. The van der Waals surface area contributed by atoms with Crippen LogP contribution in [0.5, 0.6) is 0 Å². The molecule has 2 aliphatic heterocycles. The molecule has 0 unspecified atom stereocenters. The molecule has 0 bridgehead atoms. The number of aromatic amines is 2. The smallest absolute Gasteiger partial charge is 0.410 e. The van der Waals surface area contributed by atoms with E-state index in [1.807, 2.05) is 77.9 Å². The van der Waals surface area contributed by atoms with Crippen LogP contribution in [0.1, 0.15) is 64.1 Å². The second kappa shape index (κ2) is 17.2. The molecular weight excluding hydrogens is 729 g/mol. The normalized spacial score (nSPS) is 15.0. The summed E-state index contributed by atoms with van der Waals surface area (Å²) >= 11 is 0. The number of ether oxygens (including phenoxy) is 2. The molecule has 0 radical (unpaired) electrons. The summed E-state index contributed by atoms with van der Waals surface area (Å²) in [7, 11) is 0. The molecule has 2 fully saturated rings. The first kappa shape index (κ1) is 40.2. The van der Waals surface area contributed by atoms with Gasteiger partial charge in [0.2, 0.25) is 0 Å². The summed E-state index contributed by atoms with van der Waals surface area (Å²) in [5.74, 6) is 0. The standard InChI is InChI=1S/2C23H28N4O2/c2*1-23(2,3)29-22(28)27-14-12-26(13-15-27)20-11-7-10-18-21(20)19(25-24-18)16-17-8-5-4-6-9-17/h2*4-11H,12-16H2,1-3H3,(H,24,25). The highest BCUT2D eigenvalue weighted by Gasteiger charge is 2.29. The second-order valence-corrected chi connectivity index (χ2v) is 17.0. The molecule has 8 rings (SSSR count). The summed E-state index contributed by atoms with van der Waals surface area (Å²) in [6.07, 6.45) is 1.16. The Morgan fingerprint density at radius 3 is 1.22 bits per heavy atom. The molecule has 12 nitrogen and oxygen atoms in total. The highest BCUT2D eigenvalue weighted by Crippen LogP contribution is 2.32. The Morgan fingerprint density at radius 2 is 0.879 bits per heavy atom. The maximum atomic E-state index is 12.4. The van der Waals surface area contributed by atoms with Gasteiger partial charge in [-0.05, 0) is 76.9 Å². The van der Waals surface area contributed by atoms with Gasteiger partial charge in [0, 0.05) is 98.7 Å². The Kier molecular flexibility index (Phi) is 11.9. The third-order valence-electron chi connectivity index (χ3n) is 10.3. The molecule has 304 valence electrons. The van der Waals surface area contributed by atoms with E-state index in [0.717, 1.165) is 61.4 Å². The minimum atomic E-state index is -0.469. The number of aromatic nitrogens is 4. The van der Waals surface area contributed by atoms with Crippen LogP contribution in [0, 0.1) is 0 Å². The zero-order valence-corrected chi connectivity index (χ0v) is 34.6. The predicted molar refractivity (Wildman–Crippen MR) is 231 cm³/mol. The van der Waals surface area contributed by atoms with Crippen LogP contribution in [0.15, 0.2) is 97.1 Å². The van der Waals surface area contributed by atoms with Crippen molar-refractivity contribution in [2.24, 2.45) is 0 Å². The van der Waals surface area contributed by atoms with Crippen LogP contribution in [0.2, 0.25) is 0 Å². The lowest BCUT2D eigenvalue weighted by atomic mass is 10.0. The van der Waals surface area contributed by atoms with Crippen molar-refractivity contribution in [1.29, 1.82) is 0 Å². The molecule has 0 spiro atoms. The lowest BCUT2D eigenvalue weighted by Gasteiger charge is -2.37. The summed E-state index contributed by atoms with van der Waals surface area (Å²) in [5, 5.41) is 17.8. The number of piperazine rings is 2. The Balaban J connectivity index is 0.000000177. The molecule has 2 saturated heterocycles. The molecule has 0 saturated carbocycles. The van der Waals surface area contributed by atoms with E-state index < -0.39 is 11.2 Å². The van der Waals surface area contributed by atoms with Gasteiger partial charge in [0.1, 0.15) is 11.2 Å². The van der Waals surface area contributed by atoms with Crippen LogP contribution >= 0.6 is 0 Å². The Hall–Kier alpha value is -6.04. The molecule has 2 aliphatic rings. The molecule has 6 aromatic rings. The van der Waals surface area contributed by atoms with Gasteiger partial charge in [0.15, 0.2) is 0 Å². The minimum Gasteiger partial charge on any atom is -0.444 e. The fraction of sp³-hybridized carbons (Fsp3) is 0.391. The summed E-state index contributed by atoms with van der Waals surface area (Å²) < 4.78 is 11.0. The number of anilines is 2. The lowest BCUT2D eigenvalue weighted by Crippen LogP contribution is -2.50. The number of carbonyl (C=O) groups excluding carboxylic acids is 2. The van der Waals surface area contributed by atoms with Gasteiger partial charge in [-0.3, -0.25) is 10.2 Å². The molecule has 12 heteroatoms. The van der Waals surface area contributed by atoms with Crippen LogP contribution in [0.4, 0.5) is 21.0 Å². The molecule has 2 aromatic heterocycles. The van der Waals surface area contributed by atoms with E-state index in [1.54, 1.807) is 9.80 Å². The average Bonchev–Trinajstić information content (AvgIpc) is 3.82. The maximum Gasteiger partial charge on any atom is 0.410 e. The van der Waals surface area contributed by atoms with Crippen molar-refractivity contribution < 1.29 is 19.1 Å². The van der Waals surface area contributed by atoms with E-state index in [1.165, 1.54) is 33.3 Å². The van der Waals surface area contributed by atoms with Gasteiger partial charge < -0.3 is 29.1 Å². The van der Waals surface area contributed by atoms with E-state index in [2.05, 4.69) is 90.9 Å². The van der Waals surface area contributed by atoms with Crippen LogP contribution in [0.3, 0.4) is 0 Å². The van der Waals surface area contributed by atoms with Crippen molar-refractivity contribution in [3.63, 3.8) is 0 Å². The van der Waals surface area contributed by atoms with E-state index in [-0.39, 0.29) is 12.2 Å². The highest BCUT2D eigenvalue weighted by molar-refractivity contribution is 5.95. The Morgan fingerprint density at radius 1 is 0.517 bits per heavy atom. The Labute approximate surface area is 341 Å². The van der Waals surface area contributed by atoms with Crippen molar-refractivity contribution in [2.45, 2.75) is 65.6 Å². The van der Waals surface area contributed by atoms with Crippen LogP contribution < -0.4 is 9.80 Å². The van der Waals surface area contributed by atoms with Gasteiger partial charge in [0.25, 0.3) is 0 Å². The summed E-state index contributed by atoms with van der Waals surface area (Å²) in [6, 6.07) is 33.3. The van der Waals surface area contributed by atoms with Crippen molar-refractivity contribution in [3.05, 3.63) is 120 Å². The van der Waals surface area contributed by atoms with Crippen LogP contribution in [-0.4, -0.2) is 106 Å². The highest BCUT2D eigenvalue weighted by atomic mass is 16.6. The third-order valence-corrected chi connectivity index (χ3v) is 10.3. The van der Waals surface area contributed by atoms with Gasteiger partial charge >= 0.3 is 12.2 Å². The largest absolute Gasteiger partial charge is 0.444 e. The van der Waals surface area contributed by atoms with Crippen molar-refractivity contribution >= 4 is 45.4 Å². The molecule has 2 N–H and O–H groups in total. The first-order chi connectivity index (χ1) is 27.8. The summed E-state index contributed by atoms with van der Waals surface area (Å²) in [4.78, 5) is 33.0. The van der Waals surface area contributed by atoms with Gasteiger partial charge in [-0.2, -0.15) is 10.2 Å². The van der Waals surface area contributed by atoms with Crippen molar-refractivity contribution in [2.75, 3.05) is 62.2 Å². The first-order valence-electron chi connectivity index (χ1n) is 20.3. The topological polar surface area (TPSA) is 123 Å². The van der Waals surface area contributed by atoms with Gasteiger partial charge in [0.05, 0.1) is 11.0 Å². The van der Waals surface area contributed by atoms with Gasteiger partial charge in [-0.25, -0.2) is 9.59 Å². The summed E-state index contributed by atoms with van der Waals surface area (Å²) in [5.41, 5.74) is 8.10. The van der Waals surface area contributed by atoms with E-state index in [4.69, 9.17) is 9.47 Å². The number of hydrogen-bond donors (Lipinski definition) is 2. The minimum absolute atomic E-state index is 0.233. The molecule has 58 heavy (non-hydrogen) atoms.